The summed E-state index contributed by atoms with van der Waals surface area (Å²) in [6.07, 6.45) is 3.75. The number of aromatic nitrogens is 2. The average molecular weight is 227 g/mol. The van der Waals surface area contributed by atoms with E-state index in [0.29, 0.717) is 11.2 Å². The molecule has 0 saturated carbocycles. The fourth-order valence-corrected chi connectivity index (χ4v) is 1.87. The van der Waals surface area contributed by atoms with Gasteiger partial charge in [-0.15, -0.1) is 0 Å². The summed E-state index contributed by atoms with van der Waals surface area (Å²) in [5.74, 6) is 0.863. The fraction of sp³-hybridized carbons (Fsp3) is 0.600. The number of halogens is 1. The van der Waals surface area contributed by atoms with Gasteiger partial charge in [0.15, 0.2) is 0 Å². The molecule has 0 atom stereocenters. The van der Waals surface area contributed by atoms with Crippen molar-refractivity contribution in [1.29, 1.82) is 0 Å². The summed E-state index contributed by atoms with van der Waals surface area (Å²) in [4.78, 5) is 8.14. The number of nitrogens with one attached hydrogen (secondary N) is 2. The van der Waals surface area contributed by atoms with E-state index in [1.165, 1.54) is 6.33 Å². The van der Waals surface area contributed by atoms with Crippen LogP contribution in [0.1, 0.15) is 18.4 Å². The van der Waals surface area contributed by atoms with Gasteiger partial charge in [-0.05, 0) is 32.9 Å². The summed E-state index contributed by atoms with van der Waals surface area (Å²) >= 11 is 5.93. The van der Waals surface area contributed by atoms with Crippen LogP contribution in [0.3, 0.4) is 0 Å². The van der Waals surface area contributed by atoms with Crippen LogP contribution in [0.2, 0.25) is 5.15 Å². The molecular weight excluding hydrogens is 212 g/mol. The molecule has 1 aromatic heterocycles. The van der Waals surface area contributed by atoms with Gasteiger partial charge < -0.3 is 10.6 Å². The molecule has 0 aliphatic carbocycles. The SMILES string of the molecule is Cc1c(Cl)ncnc1NC1CCNCC1. The smallest absolute Gasteiger partial charge is 0.137 e. The zero-order valence-corrected chi connectivity index (χ0v) is 9.51. The third kappa shape index (κ3) is 2.58. The second-order valence-electron chi connectivity index (χ2n) is 3.81. The first-order valence-electron chi connectivity index (χ1n) is 5.21. The third-order valence-electron chi connectivity index (χ3n) is 2.70. The van der Waals surface area contributed by atoms with Gasteiger partial charge in [-0.1, -0.05) is 11.6 Å². The van der Waals surface area contributed by atoms with Crippen molar-refractivity contribution >= 4 is 17.4 Å². The van der Waals surface area contributed by atoms with E-state index in [1.807, 2.05) is 6.92 Å². The monoisotopic (exact) mass is 226 g/mol. The topological polar surface area (TPSA) is 49.8 Å². The Bertz CT molecular complexity index is 336. The van der Waals surface area contributed by atoms with Crippen molar-refractivity contribution in [2.24, 2.45) is 0 Å². The first-order valence-corrected chi connectivity index (χ1v) is 5.59. The number of rotatable bonds is 2. The standard InChI is InChI=1S/C10H15ClN4/c1-7-9(11)13-6-14-10(7)15-8-2-4-12-5-3-8/h6,8,12H,2-5H2,1H3,(H,13,14,15). The Labute approximate surface area is 94.5 Å². The lowest BCUT2D eigenvalue weighted by Gasteiger charge is -2.24. The molecule has 15 heavy (non-hydrogen) atoms. The maximum atomic E-state index is 5.93. The molecule has 2 rings (SSSR count). The van der Waals surface area contributed by atoms with Crippen molar-refractivity contribution in [2.75, 3.05) is 18.4 Å². The predicted octanol–water partition coefficient (Wildman–Crippen LogP) is 1.60. The Hall–Kier alpha value is -0.870. The van der Waals surface area contributed by atoms with E-state index < -0.39 is 0 Å². The minimum absolute atomic E-state index is 0.496. The van der Waals surface area contributed by atoms with E-state index in [1.54, 1.807) is 0 Å². The molecule has 1 fully saturated rings. The van der Waals surface area contributed by atoms with E-state index in [2.05, 4.69) is 20.6 Å². The molecule has 2 N–H and O–H groups in total. The number of nitrogens with zero attached hydrogens (tertiary/aromatic N) is 2. The van der Waals surface area contributed by atoms with Crippen LogP contribution in [0.5, 0.6) is 0 Å². The predicted molar refractivity (Wildman–Crippen MR) is 61.3 cm³/mol. The van der Waals surface area contributed by atoms with Gasteiger partial charge in [0.1, 0.15) is 17.3 Å². The summed E-state index contributed by atoms with van der Waals surface area (Å²) in [6, 6.07) is 0.496. The van der Waals surface area contributed by atoms with Crippen LogP contribution in [0, 0.1) is 6.92 Å². The second-order valence-corrected chi connectivity index (χ2v) is 4.16. The third-order valence-corrected chi connectivity index (χ3v) is 3.08. The molecule has 0 unspecified atom stereocenters. The summed E-state index contributed by atoms with van der Waals surface area (Å²) < 4.78 is 0. The van der Waals surface area contributed by atoms with Crippen molar-refractivity contribution in [3.8, 4) is 0 Å². The molecule has 82 valence electrons. The van der Waals surface area contributed by atoms with Gasteiger partial charge in [0, 0.05) is 11.6 Å². The Morgan fingerprint density at radius 2 is 2.13 bits per heavy atom. The van der Waals surface area contributed by atoms with E-state index in [0.717, 1.165) is 37.3 Å². The van der Waals surface area contributed by atoms with Gasteiger partial charge >= 0.3 is 0 Å². The highest BCUT2D eigenvalue weighted by Gasteiger charge is 2.14. The van der Waals surface area contributed by atoms with Crippen molar-refractivity contribution < 1.29 is 0 Å². The summed E-state index contributed by atoms with van der Waals surface area (Å²) in [5.41, 5.74) is 0.928. The maximum Gasteiger partial charge on any atom is 0.137 e. The van der Waals surface area contributed by atoms with Crippen LogP contribution in [0.4, 0.5) is 5.82 Å². The van der Waals surface area contributed by atoms with Crippen molar-refractivity contribution in [3.63, 3.8) is 0 Å². The average Bonchev–Trinajstić information content (AvgIpc) is 2.26. The normalized spacial score (nSPS) is 17.7. The molecule has 1 aromatic rings. The van der Waals surface area contributed by atoms with E-state index in [9.17, 15) is 0 Å². The summed E-state index contributed by atoms with van der Waals surface area (Å²) in [7, 11) is 0. The number of piperidine rings is 1. The first-order chi connectivity index (χ1) is 7.27. The lowest BCUT2D eigenvalue weighted by atomic mass is 10.1. The highest BCUT2D eigenvalue weighted by molar-refractivity contribution is 6.30. The zero-order valence-electron chi connectivity index (χ0n) is 8.76. The molecule has 4 nitrogen and oxygen atoms in total. The largest absolute Gasteiger partial charge is 0.367 e. The Kier molecular flexibility index (Phi) is 3.38. The molecule has 2 heterocycles. The quantitative estimate of drug-likeness (QED) is 0.753. The number of hydrogen-bond acceptors (Lipinski definition) is 4. The van der Waals surface area contributed by atoms with Crippen molar-refractivity contribution in [3.05, 3.63) is 17.0 Å². The second kappa shape index (κ2) is 4.77. The summed E-state index contributed by atoms with van der Waals surface area (Å²) in [6.45, 7) is 4.07. The Balaban J connectivity index is 2.06. The van der Waals surface area contributed by atoms with Crippen molar-refractivity contribution in [1.82, 2.24) is 15.3 Å². The van der Waals surface area contributed by atoms with Crippen LogP contribution in [-0.4, -0.2) is 29.1 Å². The number of anilines is 1. The lowest BCUT2D eigenvalue weighted by Crippen LogP contribution is -2.35. The Morgan fingerprint density at radius 1 is 1.40 bits per heavy atom. The molecule has 1 aliphatic rings. The van der Waals surface area contributed by atoms with Gasteiger partial charge in [-0.25, -0.2) is 9.97 Å². The molecule has 1 aliphatic heterocycles. The zero-order chi connectivity index (χ0) is 10.7. The van der Waals surface area contributed by atoms with Gasteiger partial charge in [-0.2, -0.15) is 0 Å². The van der Waals surface area contributed by atoms with Crippen LogP contribution in [0.15, 0.2) is 6.33 Å². The first kappa shape index (κ1) is 10.6. The molecule has 0 bridgehead atoms. The molecular formula is C10H15ClN4. The molecule has 0 spiro atoms. The van der Waals surface area contributed by atoms with E-state index in [-0.39, 0.29) is 0 Å². The minimum atomic E-state index is 0.496. The summed E-state index contributed by atoms with van der Waals surface area (Å²) in [5, 5.41) is 7.27. The van der Waals surface area contributed by atoms with Crippen LogP contribution in [-0.2, 0) is 0 Å². The number of hydrogen-bond donors (Lipinski definition) is 2. The molecule has 1 saturated heterocycles. The molecule has 0 amide bonds. The van der Waals surface area contributed by atoms with Gasteiger partial charge in [0.2, 0.25) is 0 Å². The van der Waals surface area contributed by atoms with Crippen LogP contribution >= 0.6 is 11.6 Å². The van der Waals surface area contributed by atoms with Gasteiger partial charge in [0.05, 0.1) is 0 Å². The fourth-order valence-electron chi connectivity index (χ4n) is 1.73. The van der Waals surface area contributed by atoms with Crippen LogP contribution < -0.4 is 10.6 Å². The molecule has 0 aromatic carbocycles. The lowest BCUT2D eigenvalue weighted by molar-refractivity contribution is 0.478. The van der Waals surface area contributed by atoms with E-state index in [4.69, 9.17) is 11.6 Å². The van der Waals surface area contributed by atoms with Crippen molar-refractivity contribution in [2.45, 2.75) is 25.8 Å². The highest BCUT2D eigenvalue weighted by Crippen LogP contribution is 2.20. The molecule has 0 radical (unpaired) electrons. The van der Waals surface area contributed by atoms with Gasteiger partial charge in [-0.3, -0.25) is 0 Å². The van der Waals surface area contributed by atoms with Gasteiger partial charge in [0.25, 0.3) is 0 Å². The highest BCUT2D eigenvalue weighted by atomic mass is 35.5. The molecule has 5 heteroatoms. The minimum Gasteiger partial charge on any atom is -0.367 e. The van der Waals surface area contributed by atoms with E-state index >= 15 is 0 Å². The maximum absolute atomic E-state index is 5.93. The van der Waals surface area contributed by atoms with Crippen LogP contribution in [0.25, 0.3) is 0 Å². The Morgan fingerprint density at radius 3 is 2.87 bits per heavy atom.